The smallest absolute Gasteiger partial charge is 0.266 e. The predicted molar refractivity (Wildman–Crippen MR) is 118 cm³/mol. The van der Waals surface area contributed by atoms with E-state index in [1.807, 2.05) is 47.8 Å². The number of thiophene rings is 1. The van der Waals surface area contributed by atoms with E-state index < -0.39 is 12.1 Å². The van der Waals surface area contributed by atoms with E-state index in [0.717, 1.165) is 10.4 Å². The van der Waals surface area contributed by atoms with Gasteiger partial charge in [0.25, 0.3) is 5.91 Å². The van der Waals surface area contributed by atoms with E-state index in [2.05, 4.69) is 5.32 Å². The molecule has 3 rings (SSSR count). The van der Waals surface area contributed by atoms with E-state index in [-0.39, 0.29) is 18.4 Å². The number of carbonyl (C=O) groups is 2. The van der Waals surface area contributed by atoms with Crippen molar-refractivity contribution in [2.24, 2.45) is 0 Å². The summed E-state index contributed by atoms with van der Waals surface area (Å²) in [4.78, 5) is 28.3. The van der Waals surface area contributed by atoms with E-state index in [4.69, 9.17) is 12.2 Å². The molecule has 5 nitrogen and oxygen atoms in total. The summed E-state index contributed by atoms with van der Waals surface area (Å²) in [5.74, 6) is -0.613. The lowest BCUT2D eigenvalue weighted by Crippen LogP contribution is -2.51. The lowest BCUT2D eigenvalue weighted by Gasteiger charge is -2.25. The predicted octanol–water partition coefficient (Wildman–Crippen LogP) is 3.06. The fourth-order valence-electron chi connectivity index (χ4n) is 2.82. The minimum absolute atomic E-state index is 0.190. The summed E-state index contributed by atoms with van der Waals surface area (Å²) >= 11 is 8.06. The Balaban J connectivity index is 1.66. The molecule has 1 aromatic heterocycles. The summed E-state index contributed by atoms with van der Waals surface area (Å²) < 4.78 is 0.360. The number of nitrogens with zero attached hydrogens (tertiary/aromatic N) is 1. The molecule has 0 aliphatic carbocycles. The number of aliphatic hydroxyl groups excluding tert-OH is 1. The van der Waals surface area contributed by atoms with Crippen molar-refractivity contribution in [3.63, 3.8) is 0 Å². The minimum Gasteiger partial charge on any atom is -0.394 e. The zero-order valence-electron chi connectivity index (χ0n) is 15.2. The number of hydrogen-bond acceptors (Lipinski definition) is 6. The number of benzene rings is 1. The zero-order chi connectivity index (χ0) is 20.1. The molecule has 1 aliphatic rings. The second-order valence-corrected chi connectivity index (χ2v) is 8.98. The van der Waals surface area contributed by atoms with Crippen molar-refractivity contribution in [2.75, 3.05) is 6.61 Å². The van der Waals surface area contributed by atoms with Gasteiger partial charge < -0.3 is 10.4 Å². The van der Waals surface area contributed by atoms with Crippen LogP contribution < -0.4 is 5.32 Å². The molecule has 0 spiro atoms. The van der Waals surface area contributed by atoms with Crippen LogP contribution in [0.3, 0.4) is 0 Å². The Labute approximate surface area is 177 Å². The van der Waals surface area contributed by atoms with Crippen LogP contribution >= 0.6 is 35.3 Å². The molecule has 1 aromatic carbocycles. The monoisotopic (exact) mass is 432 g/mol. The number of amides is 2. The van der Waals surface area contributed by atoms with Crippen LogP contribution in [0, 0.1) is 0 Å². The third kappa shape index (κ3) is 4.88. The Kier molecular flexibility index (Phi) is 7.01. The van der Waals surface area contributed by atoms with E-state index in [9.17, 15) is 14.7 Å². The molecule has 8 heteroatoms. The van der Waals surface area contributed by atoms with Crippen LogP contribution in [-0.4, -0.2) is 44.8 Å². The summed E-state index contributed by atoms with van der Waals surface area (Å²) in [5, 5.41) is 14.4. The normalized spacial score (nSPS) is 17.8. The first kappa shape index (κ1) is 20.7. The minimum atomic E-state index is -0.758. The van der Waals surface area contributed by atoms with Gasteiger partial charge in [-0.25, -0.2) is 0 Å². The van der Waals surface area contributed by atoms with Crippen LogP contribution in [0.5, 0.6) is 0 Å². The zero-order valence-corrected chi connectivity index (χ0v) is 17.7. The Morgan fingerprint density at radius 1 is 1.29 bits per heavy atom. The third-order valence-electron chi connectivity index (χ3n) is 4.30. The SMILES string of the molecule is C[C@H](C(=O)N[C@@H](CO)Cc1ccccc1)N1C(=O)/C(=C/c2cccs2)SC1=S. The average molecular weight is 433 g/mol. The first-order chi connectivity index (χ1) is 13.5. The van der Waals surface area contributed by atoms with Crippen LogP contribution in [0.4, 0.5) is 0 Å². The van der Waals surface area contributed by atoms with E-state index in [0.29, 0.717) is 15.6 Å². The fourth-order valence-corrected chi connectivity index (χ4v) is 4.96. The molecule has 1 fully saturated rings. The fraction of sp³-hybridized carbons (Fsp3) is 0.250. The highest BCUT2D eigenvalue weighted by atomic mass is 32.2. The molecule has 0 bridgehead atoms. The Hall–Kier alpha value is -2.00. The van der Waals surface area contributed by atoms with Gasteiger partial charge in [0, 0.05) is 4.88 Å². The van der Waals surface area contributed by atoms with Crippen LogP contribution in [0.25, 0.3) is 6.08 Å². The number of rotatable bonds is 7. The number of thiocarbonyl (C=S) groups is 1. The van der Waals surface area contributed by atoms with Crippen LogP contribution in [0.2, 0.25) is 0 Å². The summed E-state index contributed by atoms with van der Waals surface area (Å²) in [6.07, 6.45) is 2.30. The van der Waals surface area contributed by atoms with Gasteiger partial charge >= 0.3 is 0 Å². The van der Waals surface area contributed by atoms with E-state index >= 15 is 0 Å². The Morgan fingerprint density at radius 2 is 2.04 bits per heavy atom. The molecule has 2 amide bonds. The van der Waals surface area contributed by atoms with E-state index in [1.54, 1.807) is 13.0 Å². The quantitative estimate of drug-likeness (QED) is 0.520. The second kappa shape index (κ2) is 9.47. The highest BCUT2D eigenvalue weighted by molar-refractivity contribution is 8.26. The third-order valence-corrected chi connectivity index (χ3v) is 6.45. The molecule has 1 aliphatic heterocycles. The van der Waals surface area contributed by atoms with Gasteiger partial charge in [-0.05, 0) is 36.4 Å². The molecule has 0 unspecified atom stereocenters. The maximum atomic E-state index is 12.8. The lowest BCUT2D eigenvalue weighted by atomic mass is 10.1. The summed E-state index contributed by atoms with van der Waals surface area (Å²) in [6.45, 7) is 1.45. The van der Waals surface area contributed by atoms with Crippen molar-refractivity contribution in [2.45, 2.75) is 25.4 Å². The van der Waals surface area contributed by atoms with E-state index in [1.165, 1.54) is 28.0 Å². The molecular formula is C20H20N2O3S3. The molecule has 2 atom stereocenters. The van der Waals surface area contributed by atoms with Gasteiger partial charge in [0.1, 0.15) is 10.4 Å². The topological polar surface area (TPSA) is 69.6 Å². The molecular weight excluding hydrogens is 412 g/mol. The maximum absolute atomic E-state index is 12.8. The number of hydrogen-bond donors (Lipinski definition) is 2. The summed E-state index contributed by atoms with van der Waals surface area (Å²) in [5.41, 5.74) is 1.01. The van der Waals surface area contributed by atoms with Gasteiger partial charge in [0.15, 0.2) is 0 Å². The average Bonchev–Trinajstić information content (AvgIpc) is 3.29. The van der Waals surface area contributed by atoms with Crippen molar-refractivity contribution in [3.05, 3.63) is 63.2 Å². The largest absolute Gasteiger partial charge is 0.394 e. The van der Waals surface area contributed by atoms with Crippen molar-refractivity contribution in [1.29, 1.82) is 0 Å². The number of aliphatic hydroxyl groups is 1. The first-order valence-corrected chi connectivity index (χ1v) is 10.9. The van der Waals surface area contributed by atoms with Crippen LogP contribution in [-0.2, 0) is 16.0 Å². The molecule has 2 heterocycles. The molecule has 0 saturated carbocycles. The number of nitrogens with one attached hydrogen (secondary N) is 1. The van der Waals surface area contributed by atoms with Crippen molar-refractivity contribution in [1.82, 2.24) is 10.2 Å². The summed E-state index contributed by atoms with van der Waals surface area (Å²) in [6, 6.07) is 12.3. The van der Waals surface area contributed by atoms with Gasteiger partial charge in [0.05, 0.1) is 17.6 Å². The first-order valence-electron chi connectivity index (χ1n) is 8.75. The molecule has 28 heavy (non-hydrogen) atoms. The van der Waals surface area contributed by atoms with Crippen LogP contribution in [0.1, 0.15) is 17.4 Å². The van der Waals surface area contributed by atoms with Gasteiger partial charge in [-0.3, -0.25) is 14.5 Å². The van der Waals surface area contributed by atoms with Gasteiger partial charge in [0.2, 0.25) is 5.91 Å². The number of thioether (sulfide) groups is 1. The van der Waals surface area contributed by atoms with Crippen molar-refractivity contribution in [3.8, 4) is 0 Å². The van der Waals surface area contributed by atoms with Gasteiger partial charge in [-0.2, -0.15) is 0 Å². The number of carbonyl (C=O) groups excluding carboxylic acids is 2. The summed E-state index contributed by atoms with van der Waals surface area (Å²) in [7, 11) is 0. The van der Waals surface area contributed by atoms with Gasteiger partial charge in [-0.15, -0.1) is 11.3 Å². The molecule has 0 radical (unpaired) electrons. The molecule has 2 N–H and O–H groups in total. The molecule has 2 aromatic rings. The van der Waals surface area contributed by atoms with Crippen LogP contribution in [0.15, 0.2) is 52.7 Å². The van der Waals surface area contributed by atoms with Gasteiger partial charge in [-0.1, -0.05) is 60.4 Å². The standard InChI is InChI=1S/C20H20N2O3S3/c1-13(18(24)21-15(12-23)10-14-6-3-2-4-7-14)22-19(25)17(28-20(22)26)11-16-8-5-9-27-16/h2-9,11,13,15,23H,10,12H2,1H3,(H,21,24)/b17-11-/t13-,15-/m1/s1. The molecule has 1 saturated heterocycles. The van der Waals surface area contributed by atoms with Crippen molar-refractivity contribution >= 4 is 57.5 Å². The molecule has 146 valence electrons. The Bertz CT molecular complexity index is 881. The Morgan fingerprint density at radius 3 is 2.68 bits per heavy atom. The maximum Gasteiger partial charge on any atom is 0.266 e. The highest BCUT2D eigenvalue weighted by Gasteiger charge is 2.38. The highest BCUT2D eigenvalue weighted by Crippen LogP contribution is 2.34. The lowest BCUT2D eigenvalue weighted by molar-refractivity contribution is -0.132. The van der Waals surface area contributed by atoms with Crippen molar-refractivity contribution < 1.29 is 14.7 Å². The second-order valence-electron chi connectivity index (χ2n) is 6.32.